The molecule has 13 heteroatoms. The molecule has 0 saturated heterocycles. The first kappa shape index (κ1) is 22.1. The van der Waals surface area contributed by atoms with Gasteiger partial charge in [0.05, 0.1) is 9.40 Å². The van der Waals surface area contributed by atoms with Gasteiger partial charge in [0.2, 0.25) is 0 Å². The number of nitrogens with one attached hydrogen (secondary N) is 2. The Morgan fingerprint density at radius 3 is 1.81 bits per heavy atom. The molecule has 4 rings (SSSR count). The lowest BCUT2D eigenvalue weighted by molar-refractivity contribution is -0.115. The van der Waals surface area contributed by atoms with E-state index in [1.54, 1.807) is 12.1 Å². The van der Waals surface area contributed by atoms with Crippen LogP contribution in [0.4, 0.5) is 23.4 Å². The average Bonchev–Trinajstić information content (AvgIpc) is 3.29. The molecule has 4 N–H and O–H groups in total. The Bertz CT molecular complexity index is 1240. The number of phenolic OH excluding ortho intramolecular Hbond substituents is 2. The molecular formula is C18H15F3N4O2S4. The van der Waals surface area contributed by atoms with Crippen LogP contribution in [-0.4, -0.2) is 39.4 Å². The molecule has 4 aromatic rings. The van der Waals surface area contributed by atoms with E-state index in [4.69, 9.17) is 0 Å². The van der Waals surface area contributed by atoms with E-state index >= 15 is 0 Å². The second-order valence-corrected chi connectivity index (χ2v) is 10.6. The van der Waals surface area contributed by atoms with Gasteiger partial charge in [-0.2, -0.15) is 13.2 Å². The highest BCUT2D eigenvalue weighted by Crippen LogP contribution is 2.45. The summed E-state index contributed by atoms with van der Waals surface area (Å²) in [6.07, 6.45) is -4.35. The first-order chi connectivity index (χ1) is 14.7. The van der Waals surface area contributed by atoms with Crippen molar-refractivity contribution < 1.29 is 23.4 Å². The number of nitrogens with zero attached hydrogens (tertiary/aromatic N) is 2. The standard InChI is InChI=1S/C18H15F3N4O2S4/c1-2-22-16-24-14-10(26)3-8(5-12(14)28-16)30-31-9-4-11(27)15-13(6-9)29-17(25-15)23-7-18(19,20)21/h3-6,26-27H,2,7H2,1H3,(H,22,24)(H,23,25). The number of aromatic hydroxyl groups is 2. The van der Waals surface area contributed by atoms with Gasteiger partial charge in [-0.25, -0.2) is 9.97 Å². The number of phenols is 2. The maximum atomic E-state index is 12.4. The number of hydrogen-bond acceptors (Lipinski definition) is 10. The quantitative estimate of drug-likeness (QED) is 0.212. The van der Waals surface area contributed by atoms with Crippen molar-refractivity contribution in [3.8, 4) is 11.5 Å². The van der Waals surface area contributed by atoms with Crippen LogP contribution in [0.25, 0.3) is 20.4 Å². The van der Waals surface area contributed by atoms with E-state index in [0.717, 1.165) is 32.6 Å². The normalized spacial score (nSPS) is 12.0. The third-order valence-corrected chi connectivity index (χ3v) is 8.16. The van der Waals surface area contributed by atoms with Crippen molar-refractivity contribution in [2.75, 3.05) is 23.7 Å². The van der Waals surface area contributed by atoms with Gasteiger partial charge in [0.15, 0.2) is 10.3 Å². The van der Waals surface area contributed by atoms with E-state index in [-0.39, 0.29) is 22.1 Å². The minimum Gasteiger partial charge on any atom is -0.506 e. The summed E-state index contributed by atoms with van der Waals surface area (Å²) in [6, 6.07) is 6.83. The Morgan fingerprint density at radius 1 is 0.871 bits per heavy atom. The van der Waals surface area contributed by atoms with Crippen LogP contribution in [0.15, 0.2) is 34.1 Å². The van der Waals surface area contributed by atoms with Crippen LogP contribution in [0.1, 0.15) is 6.92 Å². The summed E-state index contributed by atoms with van der Waals surface area (Å²) in [4.78, 5) is 9.91. The number of hydrogen-bond donors (Lipinski definition) is 4. The van der Waals surface area contributed by atoms with Crippen LogP contribution in [0.5, 0.6) is 11.5 Å². The van der Waals surface area contributed by atoms with Gasteiger partial charge in [-0.05, 0) is 31.2 Å². The molecule has 0 amide bonds. The zero-order valence-electron chi connectivity index (χ0n) is 15.8. The fourth-order valence-corrected chi connectivity index (χ4v) is 6.71. The fourth-order valence-electron chi connectivity index (χ4n) is 2.65. The van der Waals surface area contributed by atoms with Crippen LogP contribution in [-0.2, 0) is 0 Å². The number of thiazole rings is 2. The van der Waals surface area contributed by atoms with Gasteiger partial charge in [0.25, 0.3) is 0 Å². The minimum atomic E-state index is -4.35. The van der Waals surface area contributed by atoms with Gasteiger partial charge in [-0.15, -0.1) is 0 Å². The Morgan fingerprint density at radius 2 is 1.35 bits per heavy atom. The molecule has 6 nitrogen and oxygen atoms in total. The zero-order valence-corrected chi connectivity index (χ0v) is 19.0. The Kier molecular flexibility index (Phi) is 6.28. The summed E-state index contributed by atoms with van der Waals surface area (Å²) in [6.45, 7) is 1.51. The number of alkyl halides is 3. The van der Waals surface area contributed by atoms with Gasteiger partial charge in [0.1, 0.15) is 29.1 Å². The topological polar surface area (TPSA) is 90.3 Å². The molecule has 31 heavy (non-hydrogen) atoms. The minimum absolute atomic E-state index is 0.0853. The molecule has 0 bridgehead atoms. The molecule has 2 aromatic heterocycles. The second kappa shape index (κ2) is 8.81. The maximum Gasteiger partial charge on any atom is 0.405 e. The van der Waals surface area contributed by atoms with Gasteiger partial charge < -0.3 is 20.8 Å². The highest BCUT2D eigenvalue weighted by atomic mass is 33.1. The van der Waals surface area contributed by atoms with Crippen LogP contribution in [0.2, 0.25) is 0 Å². The summed E-state index contributed by atoms with van der Waals surface area (Å²) < 4.78 is 38.6. The number of aromatic nitrogens is 2. The van der Waals surface area contributed by atoms with E-state index in [1.165, 1.54) is 39.0 Å². The number of rotatable bonds is 7. The van der Waals surface area contributed by atoms with E-state index in [2.05, 4.69) is 20.6 Å². The van der Waals surface area contributed by atoms with Crippen molar-refractivity contribution in [2.45, 2.75) is 22.9 Å². The molecule has 0 atom stereocenters. The molecule has 0 spiro atoms. The molecule has 164 valence electrons. The van der Waals surface area contributed by atoms with Crippen molar-refractivity contribution in [2.24, 2.45) is 0 Å². The number of benzene rings is 2. The third-order valence-electron chi connectivity index (χ3n) is 3.90. The summed E-state index contributed by atoms with van der Waals surface area (Å²) >= 11 is 2.49. The first-order valence-electron chi connectivity index (χ1n) is 8.88. The molecule has 0 aliphatic heterocycles. The van der Waals surface area contributed by atoms with Crippen molar-refractivity contribution in [1.29, 1.82) is 0 Å². The van der Waals surface area contributed by atoms with Gasteiger partial charge in [0, 0.05) is 16.3 Å². The highest BCUT2D eigenvalue weighted by molar-refractivity contribution is 8.76. The third kappa shape index (κ3) is 5.22. The fraction of sp³-hybridized carbons (Fsp3) is 0.222. The largest absolute Gasteiger partial charge is 0.506 e. The maximum absolute atomic E-state index is 12.4. The Balaban J connectivity index is 1.52. The molecule has 0 unspecified atom stereocenters. The van der Waals surface area contributed by atoms with Crippen molar-refractivity contribution in [3.63, 3.8) is 0 Å². The number of halogens is 3. The van der Waals surface area contributed by atoms with Gasteiger partial charge in [-0.1, -0.05) is 44.3 Å². The summed E-state index contributed by atoms with van der Waals surface area (Å²) in [7, 11) is 2.74. The smallest absolute Gasteiger partial charge is 0.405 e. The lowest BCUT2D eigenvalue weighted by atomic mass is 10.3. The molecule has 0 saturated carbocycles. The van der Waals surface area contributed by atoms with Crippen LogP contribution in [0.3, 0.4) is 0 Å². The molecule has 0 fully saturated rings. The van der Waals surface area contributed by atoms with Crippen LogP contribution >= 0.6 is 44.3 Å². The van der Waals surface area contributed by atoms with E-state index in [9.17, 15) is 23.4 Å². The Hall–Kier alpha value is -2.09. The van der Waals surface area contributed by atoms with Crippen molar-refractivity contribution >= 4 is 75.0 Å². The summed E-state index contributed by atoms with van der Waals surface area (Å²) in [5.74, 6) is -0.0184. The molecule has 2 aromatic carbocycles. The van der Waals surface area contributed by atoms with E-state index in [0.29, 0.717) is 15.1 Å². The summed E-state index contributed by atoms with van der Waals surface area (Å²) in [5, 5.41) is 26.7. The highest BCUT2D eigenvalue weighted by Gasteiger charge is 2.27. The SMILES string of the molecule is CCNc1nc2c(O)cc(SSc3cc(O)c4nc(NCC(F)(F)F)sc4c3)cc2s1. The summed E-state index contributed by atoms with van der Waals surface area (Å²) in [5.41, 5.74) is 0.793. The lowest BCUT2D eigenvalue weighted by Crippen LogP contribution is -2.21. The molecule has 0 aliphatic carbocycles. The lowest BCUT2D eigenvalue weighted by Gasteiger charge is -2.05. The van der Waals surface area contributed by atoms with Crippen LogP contribution < -0.4 is 10.6 Å². The second-order valence-electron chi connectivity index (χ2n) is 6.28. The number of anilines is 2. The Labute approximate surface area is 190 Å². The molecule has 0 aliphatic rings. The average molecular weight is 505 g/mol. The van der Waals surface area contributed by atoms with Crippen LogP contribution in [0, 0.1) is 0 Å². The van der Waals surface area contributed by atoms with E-state index in [1.807, 2.05) is 13.0 Å². The van der Waals surface area contributed by atoms with Gasteiger partial charge in [-0.3, -0.25) is 0 Å². The molecule has 0 radical (unpaired) electrons. The van der Waals surface area contributed by atoms with E-state index < -0.39 is 12.7 Å². The van der Waals surface area contributed by atoms with Gasteiger partial charge >= 0.3 is 6.18 Å². The predicted molar refractivity (Wildman–Crippen MR) is 123 cm³/mol. The predicted octanol–water partition coefficient (Wildman–Crippen LogP) is 6.52. The molecular weight excluding hydrogens is 489 g/mol. The van der Waals surface area contributed by atoms with Crippen molar-refractivity contribution in [1.82, 2.24) is 9.97 Å². The first-order valence-corrected chi connectivity index (χ1v) is 12.7. The zero-order chi connectivity index (χ0) is 22.2. The number of fused-ring (bicyclic) bond motifs is 2. The monoisotopic (exact) mass is 504 g/mol. The van der Waals surface area contributed by atoms with Crippen molar-refractivity contribution in [3.05, 3.63) is 24.3 Å². The molecule has 2 heterocycles.